The van der Waals surface area contributed by atoms with Crippen LogP contribution in [0.3, 0.4) is 0 Å². The summed E-state index contributed by atoms with van der Waals surface area (Å²) in [6.07, 6.45) is 2.35. The molecular weight excluding hydrogens is 445 g/mol. The lowest BCUT2D eigenvalue weighted by atomic mass is 9.99. The van der Waals surface area contributed by atoms with Gasteiger partial charge < -0.3 is 4.90 Å². The Bertz CT molecular complexity index is 840. The summed E-state index contributed by atoms with van der Waals surface area (Å²) in [4.78, 5) is 29.5. The maximum Gasteiger partial charge on any atom is 0.422 e. The third-order valence-electron chi connectivity index (χ3n) is 6.61. The van der Waals surface area contributed by atoms with Crippen LogP contribution < -0.4 is 5.56 Å². The highest BCUT2D eigenvalue weighted by atomic mass is 19.4. The number of alkyl halides is 3. The van der Waals surface area contributed by atoms with Gasteiger partial charge in [0.05, 0.1) is 17.7 Å². The number of amides is 1. The Kier molecular flexibility index (Phi) is 11.1. The Morgan fingerprint density at radius 1 is 1.06 bits per heavy atom. The van der Waals surface area contributed by atoms with E-state index in [0.717, 1.165) is 58.0 Å². The molecule has 2 unspecified atom stereocenters. The summed E-state index contributed by atoms with van der Waals surface area (Å²) in [6, 6.07) is -0.334. The lowest BCUT2D eigenvalue weighted by Crippen LogP contribution is -2.43. The first-order chi connectivity index (χ1) is 16.2. The molecule has 2 rings (SSSR count). The number of nitrogens with one attached hydrogen (secondary N) is 1. The van der Waals surface area contributed by atoms with Gasteiger partial charge in [0.2, 0.25) is 5.91 Å². The van der Waals surface area contributed by atoms with E-state index in [1.807, 2.05) is 11.8 Å². The Balaban J connectivity index is 2.31. The number of hydrogen-bond acceptors (Lipinski definition) is 4. The van der Waals surface area contributed by atoms with Crippen LogP contribution in [0.25, 0.3) is 0 Å². The summed E-state index contributed by atoms with van der Waals surface area (Å²) in [5, 5.41) is 6.13. The Morgan fingerprint density at radius 2 is 1.76 bits per heavy atom. The third-order valence-corrected chi connectivity index (χ3v) is 6.61. The molecule has 1 aromatic rings. The Morgan fingerprint density at radius 3 is 2.35 bits per heavy atom. The highest BCUT2D eigenvalue weighted by Gasteiger charge is 2.42. The highest BCUT2D eigenvalue weighted by Crippen LogP contribution is 2.40. The molecule has 0 radical (unpaired) electrons. The average Bonchev–Trinajstić information content (AvgIpc) is 3.20. The Labute approximate surface area is 201 Å². The number of aromatic nitrogens is 2. The van der Waals surface area contributed by atoms with E-state index in [-0.39, 0.29) is 29.9 Å². The smallest absolute Gasteiger partial charge is 0.342 e. The number of fused-ring (bicyclic) bond motifs is 1. The van der Waals surface area contributed by atoms with Gasteiger partial charge in [0.1, 0.15) is 5.56 Å². The molecule has 0 saturated carbocycles. The zero-order valence-corrected chi connectivity index (χ0v) is 21.1. The minimum absolute atomic E-state index is 0.00731. The zero-order valence-electron chi connectivity index (χ0n) is 21.1. The van der Waals surface area contributed by atoms with Crippen molar-refractivity contribution in [2.45, 2.75) is 97.7 Å². The normalized spacial score (nSPS) is 16.6. The van der Waals surface area contributed by atoms with Gasteiger partial charge in [-0.15, -0.1) is 0 Å². The molecule has 6 nitrogen and oxygen atoms in total. The molecule has 0 saturated heterocycles. The fourth-order valence-electron chi connectivity index (χ4n) is 5.10. The van der Waals surface area contributed by atoms with Crippen LogP contribution in [0.5, 0.6) is 0 Å². The van der Waals surface area contributed by atoms with Gasteiger partial charge in [-0.25, -0.2) is 5.10 Å². The minimum atomic E-state index is -4.72. The maximum atomic E-state index is 13.6. The van der Waals surface area contributed by atoms with Crippen molar-refractivity contribution in [1.29, 1.82) is 0 Å². The van der Waals surface area contributed by atoms with Crippen LogP contribution in [-0.4, -0.2) is 52.1 Å². The number of aromatic amines is 1. The van der Waals surface area contributed by atoms with E-state index >= 15 is 0 Å². The molecule has 0 fully saturated rings. The number of H-pyrrole nitrogens is 1. The molecule has 2 atom stereocenters. The van der Waals surface area contributed by atoms with Crippen molar-refractivity contribution in [2.24, 2.45) is 5.92 Å². The van der Waals surface area contributed by atoms with Crippen molar-refractivity contribution in [2.75, 3.05) is 26.2 Å². The fraction of sp³-hybridized carbons (Fsp3) is 0.800. The molecule has 194 valence electrons. The van der Waals surface area contributed by atoms with E-state index < -0.39 is 17.3 Å². The van der Waals surface area contributed by atoms with Gasteiger partial charge in [0.25, 0.3) is 5.56 Å². The number of nitrogens with zero attached hydrogens (tertiary/aromatic N) is 3. The molecule has 1 aliphatic carbocycles. The van der Waals surface area contributed by atoms with Gasteiger partial charge in [-0.1, -0.05) is 47.0 Å². The second-order valence-electron chi connectivity index (χ2n) is 9.36. The largest absolute Gasteiger partial charge is 0.422 e. The first-order valence-corrected chi connectivity index (χ1v) is 12.9. The summed E-state index contributed by atoms with van der Waals surface area (Å²) in [5.74, 6) is -0.0665. The Hall–Kier alpha value is -1.90. The second kappa shape index (κ2) is 13.3. The van der Waals surface area contributed by atoms with Crippen molar-refractivity contribution < 1.29 is 18.0 Å². The first-order valence-electron chi connectivity index (χ1n) is 12.9. The predicted octanol–water partition coefficient (Wildman–Crippen LogP) is 5.33. The second-order valence-corrected chi connectivity index (χ2v) is 9.36. The average molecular weight is 487 g/mol. The van der Waals surface area contributed by atoms with E-state index in [0.29, 0.717) is 25.2 Å². The van der Waals surface area contributed by atoms with Crippen molar-refractivity contribution in [3.05, 3.63) is 27.2 Å². The van der Waals surface area contributed by atoms with Crippen molar-refractivity contribution in [1.82, 2.24) is 20.0 Å². The standard InChI is InChI=1S/C25H41F3N4O2/c1-5-9-10-16-31(14-7-3)24(34)18(11-6-2)17-32(15-8-4)20-13-12-19-21(25(26,27)28)23(33)30-29-22(19)20/h18,20H,5-17H2,1-4H3,(H,30,33). The quantitative estimate of drug-likeness (QED) is 0.361. The lowest BCUT2D eigenvalue weighted by Gasteiger charge is -2.34. The van der Waals surface area contributed by atoms with Crippen LogP contribution in [-0.2, 0) is 17.4 Å². The van der Waals surface area contributed by atoms with Crippen LogP contribution in [0.1, 0.15) is 102 Å². The number of unbranched alkanes of at least 4 members (excludes halogenated alkanes) is 2. The zero-order chi connectivity index (χ0) is 25.3. The molecule has 34 heavy (non-hydrogen) atoms. The van der Waals surface area contributed by atoms with E-state index in [1.54, 1.807) is 0 Å². The maximum absolute atomic E-state index is 13.6. The molecular formula is C25H41F3N4O2. The van der Waals surface area contributed by atoms with Crippen LogP contribution >= 0.6 is 0 Å². The monoisotopic (exact) mass is 486 g/mol. The summed E-state index contributed by atoms with van der Waals surface area (Å²) in [7, 11) is 0. The molecule has 1 amide bonds. The van der Waals surface area contributed by atoms with Gasteiger partial charge in [0.15, 0.2) is 0 Å². The van der Waals surface area contributed by atoms with E-state index in [1.165, 1.54) is 0 Å². The van der Waals surface area contributed by atoms with Gasteiger partial charge in [-0.3, -0.25) is 14.5 Å². The van der Waals surface area contributed by atoms with Crippen LogP contribution in [0.4, 0.5) is 13.2 Å². The summed E-state index contributed by atoms with van der Waals surface area (Å²) < 4.78 is 40.7. The summed E-state index contributed by atoms with van der Waals surface area (Å²) >= 11 is 0. The predicted molar refractivity (Wildman–Crippen MR) is 128 cm³/mol. The molecule has 0 aromatic carbocycles. The molecule has 1 aromatic heterocycles. The third kappa shape index (κ3) is 7.06. The SMILES string of the molecule is CCCCCN(CCC)C(=O)C(CCC)CN(CCC)C1CCc2c1n[nH]c(=O)c2C(F)(F)F. The minimum Gasteiger partial charge on any atom is -0.342 e. The molecule has 0 spiro atoms. The van der Waals surface area contributed by atoms with Crippen molar-refractivity contribution in [3.8, 4) is 0 Å². The first kappa shape index (κ1) is 28.3. The molecule has 1 N–H and O–H groups in total. The van der Waals surface area contributed by atoms with E-state index in [2.05, 4.69) is 35.9 Å². The van der Waals surface area contributed by atoms with Crippen molar-refractivity contribution >= 4 is 5.91 Å². The highest BCUT2D eigenvalue weighted by molar-refractivity contribution is 5.79. The lowest BCUT2D eigenvalue weighted by molar-refractivity contribution is -0.139. The van der Waals surface area contributed by atoms with Gasteiger partial charge in [-0.05, 0) is 50.6 Å². The fourth-order valence-corrected chi connectivity index (χ4v) is 5.10. The van der Waals surface area contributed by atoms with Crippen LogP contribution in [0.2, 0.25) is 0 Å². The van der Waals surface area contributed by atoms with E-state index in [4.69, 9.17) is 0 Å². The van der Waals surface area contributed by atoms with E-state index in [9.17, 15) is 22.8 Å². The topological polar surface area (TPSA) is 69.3 Å². The van der Waals surface area contributed by atoms with Gasteiger partial charge in [0, 0.05) is 19.6 Å². The summed E-state index contributed by atoms with van der Waals surface area (Å²) in [5.41, 5.74) is -2.00. The number of carbonyl (C=O) groups excluding carboxylic acids is 1. The van der Waals surface area contributed by atoms with Gasteiger partial charge in [-0.2, -0.15) is 18.3 Å². The number of hydrogen-bond donors (Lipinski definition) is 1. The molecule has 9 heteroatoms. The number of halogens is 3. The summed E-state index contributed by atoms with van der Waals surface area (Å²) in [6.45, 7) is 10.9. The van der Waals surface area contributed by atoms with Crippen molar-refractivity contribution in [3.63, 3.8) is 0 Å². The molecule has 1 aliphatic rings. The number of rotatable bonds is 14. The number of carbonyl (C=O) groups is 1. The van der Waals surface area contributed by atoms with Crippen LogP contribution in [0, 0.1) is 5.92 Å². The molecule has 1 heterocycles. The van der Waals surface area contributed by atoms with Gasteiger partial charge >= 0.3 is 6.18 Å². The molecule has 0 bridgehead atoms. The molecule has 0 aliphatic heterocycles. The van der Waals surface area contributed by atoms with Crippen LogP contribution in [0.15, 0.2) is 4.79 Å².